The Kier molecular flexibility index (Phi) is 4.83. The van der Waals surface area contributed by atoms with Crippen molar-refractivity contribution < 1.29 is 24.2 Å². The summed E-state index contributed by atoms with van der Waals surface area (Å²) in [4.78, 5) is 24.0. The van der Waals surface area contributed by atoms with Gasteiger partial charge in [-0.1, -0.05) is 12.1 Å². The predicted molar refractivity (Wildman–Crippen MR) is 76.8 cm³/mol. The fraction of sp³-hybridized carbons (Fsp3) is 0.467. The molecule has 6 heteroatoms. The Morgan fingerprint density at radius 1 is 1.10 bits per heavy atom. The summed E-state index contributed by atoms with van der Waals surface area (Å²) >= 11 is 0. The van der Waals surface area contributed by atoms with Gasteiger partial charge in [-0.15, -0.1) is 0 Å². The van der Waals surface area contributed by atoms with Gasteiger partial charge < -0.3 is 19.9 Å². The van der Waals surface area contributed by atoms with Crippen LogP contribution in [-0.2, 0) is 19.8 Å². The number of phenolic OH excluding ortho intramolecular Hbond substituents is 1. The number of methoxy groups -OCH3 is 1. The first-order valence-electron chi connectivity index (χ1n) is 6.47. The second-order valence-corrected chi connectivity index (χ2v) is 5.79. The molecule has 0 unspecified atom stereocenters. The molecule has 1 rings (SSSR count). The molecular formula is C15H21NO5. The van der Waals surface area contributed by atoms with Gasteiger partial charge in [-0.2, -0.15) is 0 Å². The van der Waals surface area contributed by atoms with Crippen LogP contribution in [0.4, 0.5) is 4.79 Å². The molecule has 0 aliphatic carbocycles. The van der Waals surface area contributed by atoms with E-state index in [-0.39, 0.29) is 5.75 Å². The number of carbonyl (C=O) groups is 2. The van der Waals surface area contributed by atoms with Crippen LogP contribution in [0.5, 0.6) is 5.75 Å². The number of esters is 1. The molecule has 1 aromatic rings. The first kappa shape index (κ1) is 16.8. The molecule has 0 bridgehead atoms. The van der Waals surface area contributed by atoms with Crippen LogP contribution < -0.4 is 5.32 Å². The third-order valence-electron chi connectivity index (χ3n) is 2.79. The topological polar surface area (TPSA) is 84.9 Å². The molecule has 0 spiro atoms. The van der Waals surface area contributed by atoms with Crippen molar-refractivity contribution in [1.29, 1.82) is 0 Å². The number of phenols is 1. The van der Waals surface area contributed by atoms with Crippen LogP contribution in [0.25, 0.3) is 0 Å². The van der Waals surface area contributed by atoms with Gasteiger partial charge in [-0.25, -0.2) is 9.59 Å². The second-order valence-electron chi connectivity index (χ2n) is 5.79. The lowest BCUT2D eigenvalue weighted by Gasteiger charge is -2.30. The first-order valence-corrected chi connectivity index (χ1v) is 6.47. The number of hydrogen-bond donors (Lipinski definition) is 2. The maximum Gasteiger partial charge on any atom is 0.408 e. The van der Waals surface area contributed by atoms with Crippen molar-refractivity contribution in [3.63, 3.8) is 0 Å². The fourth-order valence-corrected chi connectivity index (χ4v) is 1.75. The first-order chi connectivity index (χ1) is 9.58. The number of nitrogens with one attached hydrogen (secondary N) is 1. The summed E-state index contributed by atoms with van der Waals surface area (Å²) in [6.45, 7) is 6.68. The third-order valence-corrected chi connectivity index (χ3v) is 2.79. The average molecular weight is 295 g/mol. The van der Waals surface area contributed by atoms with Gasteiger partial charge >= 0.3 is 12.1 Å². The SMILES string of the molecule is COC(=O)[C@](C)(NC(=O)OC(C)(C)C)c1ccc(O)cc1. The molecule has 1 amide bonds. The predicted octanol–water partition coefficient (Wildman–Crippen LogP) is 2.31. The Morgan fingerprint density at radius 2 is 1.62 bits per heavy atom. The van der Waals surface area contributed by atoms with E-state index in [1.54, 1.807) is 20.8 Å². The van der Waals surface area contributed by atoms with E-state index in [1.807, 2.05) is 0 Å². The summed E-state index contributed by atoms with van der Waals surface area (Å²) in [5.74, 6) is -0.581. The van der Waals surface area contributed by atoms with Crippen LogP contribution in [-0.4, -0.2) is 29.9 Å². The number of amides is 1. The molecule has 21 heavy (non-hydrogen) atoms. The van der Waals surface area contributed by atoms with Crippen LogP contribution in [0.3, 0.4) is 0 Å². The Hall–Kier alpha value is -2.24. The minimum atomic E-state index is -1.41. The highest BCUT2D eigenvalue weighted by Gasteiger charge is 2.39. The lowest BCUT2D eigenvalue weighted by Crippen LogP contribution is -2.51. The van der Waals surface area contributed by atoms with E-state index >= 15 is 0 Å². The summed E-state index contributed by atoms with van der Waals surface area (Å²) in [6.07, 6.45) is -0.733. The van der Waals surface area contributed by atoms with Crippen LogP contribution in [0, 0.1) is 0 Å². The van der Waals surface area contributed by atoms with Crippen LogP contribution in [0.15, 0.2) is 24.3 Å². The zero-order chi connectivity index (χ0) is 16.3. The van der Waals surface area contributed by atoms with Crippen LogP contribution >= 0.6 is 0 Å². The molecule has 0 saturated heterocycles. The molecule has 116 valence electrons. The van der Waals surface area contributed by atoms with Gasteiger partial charge in [0.05, 0.1) is 7.11 Å². The molecule has 6 nitrogen and oxygen atoms in total. The van der Waals surface area contributed by atoms with Gasteiger partial charge in [0.1, 0.15) is 11.4 Å². The Bertz CT molecular complexity index is 518. The number of rotatable bonds is 3. The van der Waals surface area contributed by atoms with E-state index in [4.69, 9.17) is 9.47 Å². The summed E-state index contributed by atoms with van der Waals surface area (Å²) in [6, 6.07) is 5.91. The molecular weight excluding hydrogens is 274 g/mol. The van der Waals surface area contributed by atoms with Gasteiger partial charge in [0, 0.05) is 0 Å². The van der Waals surface area contributed by atoms with E-state index in [9.17, 15) is 14.7 Å². The highest BCUT2D eigenvalue weighted by atomic mass is 16.6. The maximum absolute atomic E-state index is 12.1. The van der Waals surface area contributed by atoms with E-state index < -0.39 is 23.2 Å². The van der Waals surface area contributed by atoms with E-state index in [2.05, 4.69) is 5.32 Å². The van der Waals surface area contributed by atoms with Gasteiger partial charge in [-0.3, -0.25) is 0 Å². The second kappa shape index (κ2) is 6.03. The summed E-state index contributed by atoms with van der Waals surface area (Å²) in [7, 11) is 1.23. The highest BCUT2D eigenvalue weighted by molar-refractivity contribution is 5.86. The lowest BCUT2D eigenvalue weighted by atomic mass is 9.92. The molecule has 0 saturated carbocycles. The van der Waals surface area contributed by atoms with Crippen molar-refractivity contribution in [2.45, 2.75) is 38.8 Å². The number of benzene rings is 1. The average Bonchev–Trinajstić information content (AvgIpc) is 2.35. The zero-order valence-electron chi connectivity index (χ0n) is 12.9. The van der Waals surface area contributed by atoms with E-state index in [0.717, 1.165) is 0 Å². The minimum absolute atomic E-state index is 0.0585. The van der Waals surface area contributed by atoms with E-state index in [0.29, 0.717) is 5.56 Å². The highest BCUT2D eigenvalue weighted by Crippen LogP contribution is 2.25. The third kappa shape index (κ3) is 4.37. The summed E-state index contributed by atoms with van der Waals surface area (Å²) in [5.41, 5.74) is -1.63. The molecule has 0 aliphatic rings. The molecule has 1 aromatic carbocycles. The molecule has 0 aromatic heterocycles. The summed E-state index contributed by atoms with van der Waals surface area (Å²) < 4.78 is 9.93. The largest absolute Gasteiger partial charge is 0.508 e. The Balaban J connectivity index is 3.08. The molecule has 1 atom stereocenters. The van der Waals surface area contributed by atoms with Crippen molar-refractivity contribution in [1.82, 2.24) is 5.32 Å². The van der Waals surface area contributed by atoms with Crippen molar-refractivity contribution in [3.05, 3.63) is 29.8 Å². The van der Waals surface area contributed by atoms with Crippen molar-refractivity contribution in [2.24, 2.45) is 0 Å². The van der Waals surface area contributed by atoms with Gasteiger partial charge in [0.2, 0.25) is 0 Å². The molecule has 0 radical (unpaired) electrons. The molecule has 0 heterocycles. The smallest absolute Gasteiger partial charge is 0.408 e. The number of carbonyl (C=O) groups excluding carboxylic acids is 2. The lowest BCUT2D eigenvalue weighted by molar-refractivity contribution is -0.148. The van der Waals surface area contributed by atoms with Crippen LogP contribution in [0.1, 0.15) is 33.3 Å². The van der Waals surface area contributed by atoms with Gasteiger partial charge in [0.25, 0.3) is 0 Å². The van der Waals surface area contributed by atoms with Crippen molar-refractivity contribution in [2.75, 3.05) is 7.11 Å². The maximum atomic E-state index is 12.1. The normalized spacial score (nSPS) is 14.0. The number of hydrogen-bond acceptors (Lipinski definition) is 5. The molecule has 2 N–H and O–H groups in total. The standard InChI is InChI=1S/C15H21NO5/c1-14(2,3)21-13(19)16-15(4,12(18)20-5)10-6-8-11(17)9-7-10/h6-9,17H,1-5H3,(H,16,19)/t15-/m1/s1. The monoisotopic (exact) mass is 295 g/mol. The van der Waals surface area contributed by atoms with E-state index in [1.165, 1.54) is 38.3 Å². The zero-order valence-corrected chi connectivity index (χ0v) is 12.9. The van der Waals surface area contributed by atoms with Crippen molar-refractivity contribution >= 4 is 12.1 Å². The molecule has 0 aliphatic heterocycles. The number of aromatic hydroxyl groups is 1. The summed E-state index contributed by atoms with van der Waals surface area (Å²) in [5, 5.41) is 11.8. The fourth-order valence-electron chi connectivity index (χ4n) is 1.75. The van der Waals surface area contributed by atoms with Crippen molar-refractivity contribution in [3.8, 4) is 5.75 Å². The number of alkyl carbamates (subject to hydrolysis) is 1. The molecule has 0 fully saturated rings. The quantitative estimate of drug-likeness (QED) is 0.836. The van der Waals surface area contributed by atoms with Gasteiger partial charge in [-0.05, 0) is 45.4 Å². The Labute approximate surface area is 124 Å². The number of ether oxygens (including phenoxy) is 2. The van der Waals surface area contributed by atoms with Gasteiger partial charge in [0.15, 0.2) is 5.54 Å². The minimum Gasteiger partial charge on any atom is -0.508 e. The Morgan fingerprint density at radius 3 is 2.05 bits per heavy atom. The van der Waals surface area contributed by atoms with Crippen LogP contribution in [0.2, 0.25) is 0 Å².